The van der Waals surface area contributed by atoms with E-state index in [1.54, 1.807) is 12.1 Å². The van der Waals surface area contributed by atoms with Crippen LogP contribution in [-0.4, -0.2) is 49.0 Å². The van der Waals surface area contributed by atoms with E-state index >= 15 is 0 Å². The molecule has 1 heterocycles. The molecule has 0 spiro atoms. The van der Waals surface area contributed by atoms with Crippen LogP contribution in [0, 0.1) is 11.7 Å². The second kappa shape index (κ2) is 6.65. The molecule has 2 fully saturated rings. The molecule has 1 aliphatic carbocycles. The Morgan fingerprint density at radius 1 is 1.43 bits per heavy atom. The Morgan fingerprint density at radius 2 is 2.17 bits per heavy atom. The monoisotopic (exact) mass is 338 g/mol. The van der Waals surface area contributed by atoms with Crippen LogP contribution in [0.2, 0.25) is 5.02 Å². The summed E-state index contributed by atoms with van der Waals surface area (Å²) in [5.74, 6) is 0.592. The summed E-state index contributed by atoms with van der Waals surface area (Å²) in [6.45, 7) is 1.65. The van der Waals surface area contributed by atoms with E-state index < -0.39 is 0 Å². The zero-order chi connectivity index (χ0) is 16.6. The molecule has 1 aromatic rings. The quantitative estimate of drug-likeness (QED) is 0.678. The van der Waals surface area contributed by atoms with Gasteiger partial charge in [0.05, 0.1) is 5.02 Å². The van der Waals surface area contributed by atoms with Crippen molar-refractivity contribution in [2.75, 3.05) is 27.2 Å². The topological polar surface area (TPSA) is 44.9 Å². The van der Waals surface area contributed by atoms with Crippen molar-refractivity contribution in [3.63, 3.8) is 0 Å². The molecular formula is C17H24ClFN4. The van der Waals surface area contributed by atoms with Gasteiger partial charge in [0.15, 0.2) is 5.96 Å². The van der Waals surface area contributed by atoms with Gasteiger partial charge in [-0.3, -0.25) is 9.89 Å². The largest absolute Gasteiger partial charge is 0.370 e. The number of nitrogens with zero attached hydrogens (tertiary/aromatic N) is 3. The van der Waals surface area contributed by atoms with Crippen LogP contribution < -0.4 is 5.73 Å². The summed E-state index contributed by atoms with van der Waals surface area (Å²) in [4.78, 5) is 8.91. The molecular weight excluding hydrogens is 315 g/mol. The van der Waals surface area contributed by atoms with Crippen molar-refractivity contribution in [1.82, 2.24) is 9.80 Å². The van der Waals surface area contributed by atoms with Gasteiger partial charge in [-0.05, 0) is 56.5 Å². The first-order chi connectivity index (χ1) is 11.0. The highest BCUT2D eigenvalue weighted by molar-refractivity contribution is 6.30. The van der Waals surface area contributed by atoms with Gasteiger partial charge in [0.25, 0.3) is 0 Å². The third-order valence-electron chi connectivity index (χ3n) is 5.00. The lowest BCUT2D eigenvalue weighted by Gasteiger charge is -2.25. The SMILES string of the molecule is CN(C(N)=NC[C@H]1CCN(C)[C@H]1c1ccc(Cl)c(F)c1)C1CC1. The summed E-state index contributed by atoms with van der Waals surface area (Å²) in [5, 5.41) is 0.166. The number of nitrogens with two attached hydrogens (primary N) is 1. The molecule has 1 aromatic carbocycles. The van der Waals surface area contributed by atoms with Gasteiger partial charge in [0.1, 0.15) is 5.82 Å². The maximum atomic E-state index is 13.8. The highest BCUT2D eigenvalue weighted by Crippen LogP contribution is 2.37. The fourth-order valence-electron chi connectivity index (χ4n) is 3.41. The lowest BCUT2D eigenvalue weighted by atomic mass is 9.94. The first-order valence-electron chi connectivity index (χ1n) is 8.15. The van der Waals surface area contributed by atoms with Gasteiger partial charge >= 0.3 is 0 Å². The second-order valence-electron chi connectivity index (χ2n) is 6.69. The van der Waals surface area contributed by atoms with E-state index in [1.807, 2.05) is 13.1 Å². The number of halogens is 2. The zero-order valence-electron chi connectivity index (χ0n) is 13.7. The van der Waals surface area contributed by atoms with Crippen LogP contribution in [0.25, 0.3) is 0 Å². The Hall–Kier alpha value is -1.33. The van der Waals surface area contributed by atoms with Crippen molar-refractivity contribution in [2.24, 2.45) is 16.6 Å². The van der Waals surface area contributed by atoms with E-state index in [0.717, 1.165) is 18.5 Å². The Kier molecular flexibility index (Phi) is 4.78. The summed E-state index contributed by atoms with van der Waals surface area (Å²) in [5.41, 5.74) is 7.04. The van der Waals surface area contributed by atoms with Crippen LogP contribution >= 0.6 is 11.6 Å². The second-order valence-corrected chi connectivity index (χ2v) is 7.10. The number of rotatable bonds is 4. The lowest BCUT2D eigenvalue weighted by Crippen LogP contribution is -2.36. The van der Waals surface area contributed by atoms with Gasteiger partial charge in [0.2, 0.25) is 0 Å². The van der Waals surface area contributed by atoms with Gasteiger partial charge in [0, 0.05) is 25.7 Å². The molecule has 0 unspecified atom stereocenters. The molecule has 0 amide bonds. The van der Waals surface area contributed by atoms with E-state index in [-0.39, 0.29) is 16.9 Å². The fourth-order valence-corrected chi connectivity index (χ4v) is 3.53. The molecule has 2 atom stereocenters. The van der Waals surface area contributed by atoms with Gasteiger partial charge in [-0.1, -0.05) is 17.7 Å². The molecule has 1 saturated heterocycles. The van der Waals surface area contributed by atoms with Gasteiger partial charge in [-0.2, -0.15) is 0 Å². The van der Waals surface area contributed by atoms with E-state index in [4.69, 9.17) is 17.3 Å². The van der Waals surface area contributed by atoms with Crippen LogP contribution in [-0.2, 0) is 0 Å². The molecule has 126 valence electrons. The van der Waals surface area contributed by atoms with Crippen molar-refractivity contribution in [3.05, 3.63) is 34.6 Å². The predicted molar refractivity (Wildman–Crippen MR) is 92.2 cm³/mol. The number of benzene rings is 1. The highest BCUT2D eigenvalue weighted by atomic mass is 35.5. The zero-order valence-corrected chi connectivity index (χ0v) is 14.4. The summed E-state index contributed by atoms with van der Waals surface area (Å²) >= 11 is 5.80. The minimum Gasteiger partial charge on any atom is -0.370 e. The molecule has 1 aliphatic heterocycles. The summed E-state index contributed by atoms with van der Waals surface area (Å²) in [6, 6.07) is 5.81. The molecule has 0 radical (unpaired) electrons. The van der Waals surface area contributed by atoms with Gasteiger partial charge < -0.3 is 10.6 Å². The average Bonchev–Trinajstić information content (AvgIpc) is 3.31. The number of aliphatic imine (C=N–C) groups is 1. The van der Waals surface area contributed by atoms with Crippen molar-refractivity contribution in [1.29, 1.82) is 0 Å². The summed E-state index contributed by atoms with van der Waals surface area (Å²) < 4.78 is 13.8. The highest BCUT2D eigenvalue weighted by Gasteiger charge is 2.33. The molecule has 4 nitrogen and oxygen atoms in total. The van der Waals surface area contributed by atoms with E-state index in [9.17, 15) is 4.39 Å². The first-order valence-corrected chi connectivity index (χ1v) is 8.53. The standard InChI is InChI=1S/C17H24ClFN4/c1-22-8-7-12(10-21-17(20)23(2)13-4-5-13)16(22)11-3-6-14(18)15(19)9-11/h3,6,9,12-13,16H,4-5,7-8,10H2,1-2H3,(H2,20,21)/t12-,16+/m1/s1. The molecule has 1 saturated carbocycles. The van der Waals surface area contributed by atoms with E-state index in [1.165, 1.54) is 12.8 Å². The molecule has 3 rings (SSSR count). The van der Waals surface area contributed by atoms with Crippen molar-refractivity contribution in [3.8, 4) is 0 Å². The normalized spacial score (nSPS) is 25.8. The molecule has 23 heavy (non-hydrogen) atoms. The number of guanidine groups is 1. The Bertz CT molecular complexity index is 602. The maximum absolute atomic E-state index is 13.8. The van der Waals surface area contributed by atoms with Crippen LogP contribution in [0.1, 0.15) is 30.9 Å². The number of likely N-dealkylation sites (tertiary alicyclic amines) is 1. The van der Waals surface area contributed by atoms with Crippen LogP contribution in [0.5, 0.6) is 0 Å². The predicted octanol–water partition coefficient (Wildman–Crippen LogP) is 2.88. The third kappa shape index (κ3) is 3.61. The number of hydrogen-bond donors (Lipinski definition) is 1. The minimum atomic E-state index is -0.361. The third-order valence-corrected chi connectivity index (χ3v) is 5.31. The van der Waals surface area contributed by atoms with Crippen LogP contribution in [0.3, 0.4) is 0 Å². The van der Waals surface area contributed by atoms with E-state index in [0.29, 0.717) is 24.5 Å². The van der Waals surface area contributed by atoms with Crippen LogP contribution in [0.4, 0.5) is 4.39 Å². The molecule has 2 aliphatic rings. The minimum absolute atomic E-state index is 0.157. The fraction of sp³-hybridized carbons (Fsp3) is 0.588. The Labute approximate surface area is 142 Å². The Morgan fingerprint density at radius 3 is 2.83 bits per heavy atom. The molecule has 2 N–H and O–H groups in total. The average molecular weight is 339 g/mol. The van der Waals surface area contributed by atoms with Gasteiger partial charge in [-0.15, -0.1) is 0 Å². The first kappa shape index (κ1) is 16.5. The van der Waals surface area contributed by atoms with Crippen LogP contribution in [0.15, 0.2) is 23.2 Å². The summed E-state index contributed by atoms with van der Waals surface area (Å²) in [7, 11) is 4.07. The maximum Gasteiger partial charge on any atom is 0.191 e. The summed E-state index contributed by atoms with van der Waals surface area (Å²) in [6.07, 6.45) is 3.44. The van der Waals surface area contributed by atoms with Crippen molar-refractivity contribution >= 4 is 17.6 Å². The Balaban J connectivity index is 1.72. The lowest BCUT2D eigenvalue weighted by molar-refractivity contribution is 0.279. The molecule has 0 bridgehead atoms. The van der Waals surface area contributed by atoms with E-state index in [2.05, 4.69) is 21.8 Å². The molecule has 6 heteroatoms. The molecule has 0 aromatic heterocycles. The smallest absolute Gasteiger partial charge is 0.191 e. The van der Waals surface area contributed by atoms with Gasteiger partial charge in [-0.25, -0.2) is 4.39 Å². The van der Waals surface area contributed by atoms with Crippen molar-refractivity contribution in [2.45, 2.75) is 31.3 Å². The number of hydrogen-bond acceptors (Lipinski definition) is 2. The van der Waals surface area contributed by atoms with Crippen molar-refractivity contribution < 1.29 is 4.39 Å².